The summed E-state index contributed by atoms with van der Waals surface area (Å²) in [5, 5.41) is 21.7. The second-order valence-electron chi connectivity index (χ2n) is 4.20. The van der Waals surface area contributed by atoms with Crippen molar-refractivity contribution in [3.8, 4) is 0 Å². The topological polar surface area (TPSA) is 98.7 Å². The molecule has 0 aliphatic heterocycles. The summed E-state index contributed by atoms with van der Waals surface area (Å²) in [5.41, 5.74) is -1.58. The zero-order valence-electron chi connectivity index (χ0n) is 10.8. The van der Waals surface area contributed by atoms with Crippen molar-refractivity contribution in [2.24, 2.45) is 0 Å². The van der Waals surface area contributed by atoms with Crippen LogP contribution in [0.4, 0.5) is 23.7 Å². The van der Waals surface area contributed by atoms with Crippen molar-refractivity contribution >= 4 is 17.7 Å². The average molecular weight is 306 g/mol. The maximum atomic E-state index is 12.7. The van der Waals surface area contributed by atoms with Crippen LogP contribution in [-0.4, -0.2) is 34.4 Å². The molecule has 21 heavy (non-hydrogen) atoms. The number of rotatable bonds is 4. The van der Waals surface area contributed by atoms with Crippen LogP contribution in [0.1, 0.15) is 12.5 Å². The van der Waals surface area contributed by atoms with Crippen LogP contribution in [0.25, 0.3) is 0 Å². The van der Waals surface area contributed by atoms with Crippen LogP contribution in [0, 0.1) is 0 Å². The second-order valence-corrected chi connectivity index (χ2v) is 4.20. The molecule has 0 aliphatic carbocycles. The molecule has 0 radical (unpaired) electrons. The Hall–Kier alpha value is -2.29. The highest BCUT2D eigenvalue weighted by Gasteiger charge is 2.34. The van der Waals surface area contributed by atoms with Gasteiger partial charge in [0.05, 0.1) is 17.4 Å². The quantitative estimate of drug-likeness (QED) is 0.680. The third-order valence-corrected chi connectivity index (χ3v) is 2.52. The van der Waals surface area contributed by atoms with Gasteiger partial charge in [-0.25, -0.2) is 9.59 Å². The molecule has 0 bridgehead atoms. The van der Waals surface area contributed by atoms with E-state index in [0.717, 1.165) is 25.1 Å². The van der Waals surface area contributed by atoms with Crippen LogP contribution in [0.15, 0.2) is 24.3 Å². The van der Waals surface area contributed by atoms with Crippen molar-refractivity contribution in [3.05, 3.63) is 29.8 Å². The second kappa shape index (κ2) is 6.44. The average Bonchev–Trinajstić information content (AvgIpc) is 2.34. The Balaban J connectivity index is 2.87. The number of alkyl halides is 3. The maximum Gasteiger partial charge on any atom is 0.418 e. The zero-order valence-corrected chi connectivity index (χ0v) is 10.8. The molecule has 0 heterocycles. The largest absolute Gasteiger partial charge is 0.480 e. The Bertz CT molecular complexity index is 531. The fourth-order valence-corrected chi connectivity index (χ4v) is 1.53. The van der Waals surface area contributed by atoms with E-state index in [0.29, 0.717) is 0 Å². The van der Waals surface area contributed by atoms with Gasteiger partial charge in [0.15, 0.2) is 6.04 Å². The van der Waals surface area contributed by atoms with E-state index in [1.165, 1.54) is 6.07 Å². The first-order chi connectivity index (χ1) is 9.62. The summed E-state index contributed by atoms with van der Waals surface area (Å²) in [7, 11) is 0. The molecule has 1 aromatic rings. The first-order valence-electron chi connectivity index (χ1n) is 5.77. The van der Waals surface area contributed by atoms with Crippen LogP contribution < -0.4 is 10.6 Å². The zero-order chi connectivity index (χ0) is 16.2. The number of amides is 2. The summed E-state index contributed by atoms with van der Waals surface area (Å²) in [4.78, 5) is 22.3. The Morgan fingerprint density at radius 3 is 2.29 bits per heavy atom. The van der Waals surface area contributed by atoms with Crippen molar-refractivity contribution < 1.29 is 33.0 Å². The molecule has 0 unspecified atom stereocenters. The fraction of sp³-hybridized carbons (Fsp3) is 0.333. The SMILES string of the molecule is C[C@@H](O)[C@H](NC(=O)Nc1ccccc1C(F)(F)F)C(=O)O. The lowest BCUT2D eigenvalue weighted by atomic mass is 10.1. The van der Waals surface area contributed by atoms with Crippen molar-refractivity contribution in [3.63, 3.8) is 0 Å². The number of aliphatic carboxylic acids is 1. The first kappa shape index (κ1) is 16.8. The first-order valence-corrected chi connectivity index (χ1v) is 5.77. The number of hydrogen-bond donors (Lipinski definition) is 4. The Morgan fingerprint density at radius 2 is 1.81 bits per heavy atom. The van der Waals surface area contributed by atoms with Gasteiger partial charge in [0.2, 0.25) is 0 Å². The molecule has 1 rings (SSSR count). The Kier molecular flexibility index (Phi) is 5.14. The summed E-state index contributed by atoms with van der Waals surface area (Å²) >= 11 is 0. The molecule has 2 atom stereocenters. The summed E-state index contributed by atoms with van der Waals surface area (Å²) < 4.78 is 38.1. The van der Waals surface area contributed by atoms with Gasteiger partial charge in [0.25, 0.3) is 0 Å². The van der Waals surface area contributed by atoms with E-state index in [-0.39, 0.29) is 0 Å². The minimum atomic E-state index is -4.67. The lowest BCUT2D eigenvalue weighted by Crippen LogP contribution is -2.49. The summed E-state index contributed by atoms with van der Waals surface area (Å²) in [6.07, 6.45) is -6.08. The van der Waals surface area contributed by atoms with Gasteiger partial charge in [-0.1, -0.05) is 12.1 Å². The van der Waals surface area contributed by atoms with Gasteiger partial charge >= 0.3 is 18.2 Å². The number of urea groups is 1. The standard InChI is InChI=1S/C12H13F3N2O4/c1-6(18)9(10(19)20)17-11(21)16-8-5-3-2-4-7(8)12(13,14)15/h2-6,9,18H,1H3,(H,19,20)(H2,16,17,21)/t6-,9+/m1/s1. The van der Waals surface area contributed by atoms with Gasteiger partial charge in [-0.3, -0.25) is 0 Å². The molecule has 116 valence electrons. The minimum absolute atomic E-state index is 0.516. The van der Waals surface area contributed by atoms with E-state index in [9.17, 15) is 27.9 Å². The molecule has 0 saturated carbocycles. The molecule has 0 aromatic heterocycles. The molecular weight excluding hydrogens is 293 g/mol. The number of halogens is 3. The Labute approximate surface area is 117 Å². The number of para-hydroxylation sites is 1. The number of carbonyl (C=O) groups is 2. The molecule has 0 aliphatic rings. The van der Waals surface area contributed by atoms with Crippen molar-refractivity contribution in [2.75, 3.05) is 5.32 Å². The summed E-state index contributed by atoms with van der Waals surface area (Å²) in [6, 6.07) is 1.44. The van der Waals surface area contributed by atoms with E-state index >= 15 is 0 Å². The number of carbonyl (C=O) groups excluding carboxylic acids is 1. The van der Waals surface area contributed by atoms with E-state index < -0.39 is 41.6 Å². The van der Waals surface area contributed by atoms with E-state index in [4.69, 9.17) is 5.11 Å². The van der Waals surface area contributed by atoms with Crippen LogP contribution in [0.2, 0.25) is 0 Å². The van der Waals surface area contributed by atoms with Gasteiger partial charge in [0, 0.05) is 0 Å². The van der Waals surface area contributed by atoms with Crippen molar-refractivity contribution in [1.82, 2.24) is 5.32 Å². The molecule has 0 fully saturated rings. The smallest absolute Gasteiger partial charge is 0.418 e. The normalized spacial score (nSPS) is 14.1. The molecule has 6 nitrogen and oxygen atoms in total. The van der Waals surface area contributed by atoms with Crippen molar-refractivity contribution in [2.45, 2.75) is 25.2 Å². The summed E-state index contributed by atoms with van der Waals surface area (Å²) in [6.45, 7) is 1.13. The number of benzene rings is 1. The number of anilines is 1. The molecule has 4 N–H and O–H groups in total. The molecule has 9 heteroatoms. The number of nitrogens with one attached hydrogen (secondary N) is 2. The monoisotopic (exact) mass is 306 g/mol. The molecule has 2 amide bonds. The number of hydrogen-bond acceptors (Lipinski definition) is 3. The molecule has 1 aromatic carbocycles. The molecule has 0 saturated heterocycles. The number of aliphatic hydroxyl groups is 1. The minimum Gasteiger partial charge on any atom is -0.480 e. The van der Waals surface area contributed by atoms with Crippen LogP contribution in [0.3, 0.4) is 0 Å². The van der Waals surface area contributed by atoms with Crippen LogP contribution in [-0.2, 0) is 11.0 Å². The van der Waals surface area contributed by atoms with E-state index in [1.54, 1.807) is 0 Å². The number of aliphatic hydroxyl groups excluding tert-OH is 1. The van der Waals surface area contributed by atoms with Gasteiger partial charge in [-0.05, 0) is 19.1 Å². The molecule has 0 spiro atoms. The van der Waals surface area contributed by atoms with E-state index in [2.05, 4.69) is 0 Å². The highest BCUT2D eigenvalue weighted by molar-refractivity contribution is 5.93. The van der Waals surface area contributed by atoms with E-state index in [1.807, 2.05) is 10.6 Å². The fourth-order valence-electron chi connectivity index (χ4n) is 1.53. The van der Waals surface area contributed by atoms with Crippen LogP contribution in [0.5, 0.6) is 0 Å². The van der Waals surface area contributed by atoms with Gasteiger partial charge in [-0.15, -0.1) is 0 Å². The predicted molar refractivity (Wildman–Crippen MR) is 66.7 cm³/mol. The summed E-state index contributed by atoms with van der Waals surface area (Å²) in [5.74, 6) is -1.51. The van der Waals surface area contributed by atoms with Crippen LogP contribution >= 0.6 is 0 Å². The maximum absolute atomic E-state index is 12.7. The number of carboxylic acid groups (broad SMARTS) is 1. The van der Waals surface area contributed by atoms with Gasteiger partial charge < -0.3 is 20.8 Å². The third-order valence-electron chi connectivity index (χ3n) is 2.52. The van der Waals surface area contributed by atoms with Gasteiger partial charge in [-0.2, -0.15) is 13.2 Å². The highest BCUT2D eigenvalue weighted by Crippen LogP contribution is 2.34. The molecular formula is C12H13F3N2O4. The van der Waals surface area contributed by atoms with Gasteiger partial charge in [0.1, 0.15) is 0 Å². The lowest BCUT2D eigenvalue weighted by molar-refractivity contribution is -0.141. The lowest BCUT2D eigenvalue weighted by Gasteiger charge is -2.18. The number of carboxylic acids is 1. The third kappa shape index (κ3) is 4.63. The predicted octanol–water partition coefficient (Wildman–Crippen LogP) is 1.66. The van der Waals surface area contributed by atoms with Crippen molar-refractivity contribution in [1.29, 1.82) is 0 Å². The Morgan fingerprint density at radius 1 is 1.24 bits per heavy atom. The highest BCUT2D eigenvalue weighted by atomic mass is 19.4.